The fourth-order valence-electron chi connectivity index (χ4n) is 1.04. The molecule has 0 spiro atoms. The van der Waals surface area contributed by atoms with Crippen molar-refractivity contribution in [1.29, 1.82) is 0 Å². The Balaban J connectivity index is 2.15. The van der Waals surface area contributed by atoms with Crippen LogP contribution in [0.3, 0.4) is 0 Å². The third-order valence-corrected chi connectivity index (χ3v) is 1.97. The molecule has 0 aromatic rings. The summed E-state index contributed by atoms with van der Waals surface area (Å²) in [7, 11) is 0. The van der Waals surface area contributed by atoms with Crippen molar-refractivity contribution in [1.82, 2.24) is 5.32 Å². The first-order chi connectivity index (χ1) is 5.25. The molecule has 0 aromatic carbocycles. The molecule has 1 fully saturated rings. The van der Waals surface area contributed by atoms with E-state index in [1.54, 1.807) is 6.92 Å². The van der Waals surface area contributed by atoms with Gasteiger partial charge in [0.25, 0.3) is 0 Å². The second-order valence-electron chi connectivity index (χ2n) is 2.96. The maximum Gasteiger partial charge on any atom is 0.224 e. The summed E-state index contributed by atoms with van der Waals surface area (Å²) < 4.78 is 0. The Hall–Kier alpha value is -0.970. The highest BCUT2D eigenvalue weighted by molar-refractivity contribution is 5.81. The zero-order chi connectivity index (χ0) is 8.27. The van der Waals surface area contributed by atoms with Gasteiger partial charge in [-0.25, -0.2) is 0 Å². The number of hydrogen-bond acceptors (Lipinski definition) is 1. The molecular weight excluding hydrogens is 138 g/mol. The monoisotopic (exact) mass is 151 g/mol. The van der Waals surface area contributed by atoms with Gasteiger partial charge in [0.15, 0.2) is 0 Å². The number of amides is 1. The van der Waals surface area contributed by atoms with E-state index in [0.29, 0.717) is 12.5 Å². The van der Waals surface area contributed by atoms with Gasteiger partial charge in [-0.15, -0.1) is 5.92 Å². The average Bonchev–Trinajstić information content (AvgIpc) is 2.67. The van der Waals surface area contributed by atoms with Crippen molar-refractivity contribution >= 4 is 5.91 Å². The third kappa shape index (κ3) is 2.27. The number of carbonyl (C=O) groups excluding carboxylic acids is 1. The Labute approximate surface area is 67.4 Å². The Bertz CT molecular complexity index is 211. The van der Waals surface area contributed by atoms with Crippen LogP contribution in [-0.2, 0) is 4.79 Å². The summed E-state index contributed by atoms with van der Waals surface area (Å²) in [5.41, 5.74) is 0. The molecule has 1 rings (SSSR count). The van der Waals surface area contributed by atoms with Crippen LogP contribution in [0, 0.1) is 23.7 Å². The van der Waals surface area contributed by atoms with Crippen LogP contribution in [0.5, 0.6) is 0 Å². The molecule has 0 aromatic heterocycles. The summed E-state index contributed by atoms with van der Waals surface area (Å²) in [6.45, 7) is 4.36. The second-order valence-corrected chi connectivity index (χ2v) is 2.96. The van der Waals surface area contributed by atoms with E-state index in [0.717, 1.165) is 6.42 Å². The van der Waals surface area contributed by atoms with E-state index in [1.807, 2.05) is 0 Å². The highest BCUT2D eigenvalue weighted by Gasteiger charge is 2.38. The molecule has 11 heavy (non-hydrogen) atoms. The predicted molar refractivity (Wildman–Crippen MR) is 43.7 cm³/mol. The Kier molecular flexibility index (Phi) is 2.53. The van der Waals surface area contributed by atoms with Gasteiger partial charge in [-0.3, -0.25) is 4.79 Å². The zero-order valence-corrected chi connectivity index (χ0v) is 6.98. The van der Waals surface area contributed by atoms with Gasteiger partial charge in [-0.2, -0.15) is 0 Å². The van der Waals surface area contributed by atoms with Crippen LogP contribution in [0.25, 0.3) is 0 Å². The molecule has 1 saturated carbocycles. The van der Waals surface area contributed by atoms with E-state index >= 15 is 0 Å². The topological polar surface area (TPSA) is 29.1 Å². The van der Waals surface area contributed by atoms with Gasteiger partial charge < -0.3 is 5.32 Å². The summed E-state index contributed by atoms with van der Waals surface area (Å²) in [6.07, 6.45) is 1.05. The molecule has 0 bridgehead atoms. The first-order valence-electron chi connectivity index (χ1n) is 3.93. The summed E-state index contributed by atoms with van der Waals surface area (Å²) in [5.74, 6) is 6.55. The predicted octanol–water partition coefficient (Wildman–Crippen LogP) is 0.782. The van der Waals surface area contributed by atoms with Crippen molar-refractivity contribution in [3.05, 3.63) is 0 Å². The second kappa shape index (κ2) is 3.43. The van der Waals surface area contributed by atoms with Gasteiger partial charge in [-0.05, 0) is 19.3 Å². The normalized spacial score (nSPS) is 26.7. The van der Waals surface area contributed by atoms with Crippen molar-refractivity contribution in [2.45, 2.75) is 20.3 Å². The van der Waals surface area contributed by atoms with Crippen molar-refractivity contribution in [3.63, 3.8) is 0 Å². The SMILES string of the molecule is CC#CCNC(=O)[C@@H]1C[C@H]1C. The average molecular weight is 151 g/mol. The number of hydrogen-bond donors (Lipinski definition) is 1. The molecule has 0 heterocycles. The molecular formula is C9H13NO. The molecule has 0 radical (unpaired) electrons. The van der Waals surface area contributed by atoms with Crippen LogP contribution in [0.4, 0.5) is 0 Å². The third-order valence-electron chi connectivity index (χ3n) is 1.97. The molecule has 1 N–H and O–H groups in total. The van der Waals surface area contributed by atoms with Gasteiger partial charge in [0.1, 0.15) is 0 Å². The zero-order valence-electron chi connectivity index (χ0n) is 6.98. The lowest BCUT2D eigenvalue weighted by atomic mass is 10.3. The molecule has 0 aliphatic heterocycles. The van der Waals surface area contributed by atoms with Crippen molar-refractivity contribution in [2.75, 3.05) is 6.54 Å². The summed E-state index contributed by atoms with van der Waals surface area (Å²) in [5, 5.41) is 2.76. The molecule has 2 nitrogen and oxygen atoms in total. The van der Waals surface area contributed by atoms with Crippen LogP contribution in [0.2, 0.25) is 0 Å². The lowest BCUT2D eigenvalue weighted by molar-refractivity contribution is -0.122. The lowest BCUT2D eigenvalue weighted by Crippen LogP contribution is -2.25. The highest BCUT2D eigenvalue weighted by Crippen LogP contribution is 2.37. The van der Waals surface area contributed by atoms with Gasteiger partial charge >= 0.3 is 0 Å². The van der Waals surface area contributed by atoms with Crippen LogP contribution in [0.15, 0.2) is 0 Å². The molecule has 60 valence electrons. The molecule has 1 amide bonds. The quantitative estimate of drug-likeness (QED) is 0.581. The minimum absolute atomic E-state index is 0.167. The Morgan fingerprint density at radius 3 is 2.82 bits per heavy atom. The van der Waals surface area contributed by atoms with Gasteiger partial charge in [0.05, 0.1) is 6.54 Å². The Morgan fingerprint density at radius 1 is 1.73 bits per heavy atom. The van der Waals surface area contributed by atoms with Gasteiger partial charge in [0, 0.05) is 5.92 Å². The fraction of sp³-hybridized carbons (Fsp3) is 0.667. The number of nitrogens with one attached hydrogen (secondary N) is 1. The highest BCUT2D eigenvalue weighted by atomic mass is 16.2. The molecule has 1 aliphatic carbocycles. The molecule has 2 atom stereocenters. The van der Waals surface area contributed by atoms with Crippen molar-refractivity contribution in [3.8, 4) is 11.8 Å². The largest absolute Gasteiger partial charge is 0.345 e. The first kappa shape index (κ1) is 8.13. The first-order valence-corrected chi connectivity index (χ1v) is 3.93. The maximum absolute atomic E-state index is 11.1. The number of carbonyl (C=O) groups is 1. The maximum atomic E-state index is 11.1. The van der Waals surface area contributed by atoms with E-state index in [9.17, 15) is 4.79 Å². The van der Waals surface area contributed by atoms with E-state index in [2.05, 4.69) is 24.1 Å². The fourth-order valence-corrected chi connectivity index (χ4v) is 1.04. The smallest absolute Gasteiger partial charge is 0.224 e. The standard InChI is InChI=1S/C9H13NO/c1-3-4-5-10-9(11)8-6-7(8)2/h7-8H,5-6H2,1-2H3,(H,10,11)/t7-,8-/m1/s1. The minimum Gasteiger partial charge on any atom is -0.345 e. The molecule has 0 unspecified atom stereocenters. The van der Waals surface area contributed by atoms with Crippen LogP contribution >= 0.6 is 0 Å². The van der Waals surface area contributed by atoms with Gasteiger partial charge in [0.2, 0.25) is 5.91 Å². The summed E-state index contributed by atoms with van der Waals surface area (Å²) >= 11 is 0. The van der Waals surface area contributed by atoms with Crippen molar-refractivity contribution < 1.29 is 4.79 Å². The minimum atomic E-state index is 0.167. The summed E-state index contributed by atoms with van der Waals surface area (Å²) in [6, 6.07) is 0. The number of rotatable bonds is 2. The molecule has 2 heteroatoms. The van der Waals surface area contributed by atoms with E-state index in [1.165, 1.54) is 0 Å². The lowest BCUT2D eigenvalue weighted by Gasteiger charge is -1.97. The summed E-state index contributed by atoms with van der Waals surface area (Å²) in [4.78, 5) is 11.1. The van der Waals surface area contributed by atoms with Crippen LogP contribution in [0.1, 0.15) is 20.3 Å². The molecule has 1 aliphatic rings. The van der Waals surface area contributed by atoms with E-state index < -0.39 is 0 Å². The van der Waals surface area contributed by atoms with E-state index in [4.69, 9.17) is 0 Å². The van der Waals surface area contributed by atoms with Gasteiger partial charge in [-0.1, -0.05) is 12.8 Å². The van der Waals surface area contributed by atoms with E-state index in [-0.39, 0.29) is 11.8 Å². The Morgan fingerprint density at radius 2 is 2.36 bits per heavy atom. The van der Waals surface area contributed by atoms with Crippen molar-refractivity contribution in [2.24, 2.45) is 11.8 Å². The van der Waals surface area contributed by atoms with Crippen LogP contribution < -0.4 is 5.32 Å². The van der Waals surface area contributed by atoms with Crippen LogP contribution in [-0.4, -0.2) is 12.5 Å². The molecule has 0 saturated heterocycles.